The molecule has 1 aromatic rings. The number of hydrogen-bond donors (Lipinski definition) is 3. The number of cyclic esters (lactones) is 1. The maximum atomic E-state index is 12.9. The lowest BCUT2D eigenvalue weighted by atomic mass is 9.53. The van der Waals surface area contributed by atoms with Crippen LogP contribution in [0.3, 0.4) is 0 Å². The van der Waals surface area contributed by atoms with Crippen LogP contribution in [0.15, 0.2) is 54.1 Å². The average molecular weight is 538 g/mol. The van der Waals surface area contributed by atoms with E-state index in [0.29, 0.717) is 17.7 Å². The van der Waals surface area contributed by atoms with E-state index >= 15 is 0 Å². The highest BCUT2D eigenvalue weighted by Gasteiger charge is 2.62. The van der Waals surface area contributed by atoms with E-state index < -0.39 is 35.8 Å². The van der Waals surface area contributed by atoms with Gasteiger partial charge in [0.25, 0.3) is 0 Å². The number of carbonyl (C=O) groups excluding carboxylic acids is 2. The van der Waals surface area contributed by atoms with E-state index in [-0.39, 0.29) is 41.1 Å². The number of esters is 1. The Morgan fingerprint density at radius 3 is 2.54 bits per heavy atom. The summed E-state index contributed by atoms with van der Waals surface area (Å²) in [5, 5.41) is 25.9. The van der Waals surface area contributed by atoms with E-state index in [2.05, 4.69) is 45.7 Å². The third-order valence-corrected chi connectivity index (χ3v) is 10.5. The predicted octanol–water partition coefficient (Wildman–Crippen LogP) is 5.49. The summed E-state index contributed by atoms with van der Waals surface area (Å²) in [4.78, 5) is 25.5. The van der Waals surface area contributed by atoms with Crippen LogP contribution in [0.25, 0.3) is 0 Å². The minimum absolute atomic E-state index is 0.0677. The number of hydrogen-bond acceptors (Lipinski definition) is 6. The Balaban J connectivity index is 1.45. The number of fused-ring (bicyclic) bond motifs is 3. The molecule has 212 valence electrons. The van der Waals surface area contributed by atoms with Crippen molar-refractivity contribution in [3.05, 3.63) is 54.1 Å². The van der Waals surface area contributed by atoms with Crippen molar-refractivity contribution in [2.75, 3.05) is 5.32 Å². The van der Waals surface area contributed by atoms with Crippen molar-refractivity contribution in [1.82, 2.24) is 0 Å². The van der Waals surface area contributed by atoms with E-state index in [9.17, 15) is 19.8 Å². The Kier molecular flexibility index (Phi) is 7.21. The summed E-state index contributed by atoms with van der Waals surface area (Å²) in [5.41, 5.74) is 0.662. The van der Waals surface area contributed by atoms with Gasteiger partial charge in [-0.25, -0.2) is 9.59 Å². The lowest BCUT2D eigenvalue weighted by molar-refractivity contribution is -0.209. The van der Waals surface area contributed by atoms with Gasteiger partial charge >= 0.3 is 12.1 Å². The fraction of sp³-hybridized carbons (Fsp3) is 0.625. The van der Waals surface area contributed by atoms with Crippen molar-refractivity contribution >= 4 is 17.7 Å². The molecule has 7 nitrogen and oxygen atoms in total. The van der Waals surface area contributed by atoms with Crippen molar-refractivity contribution in [1.29, 1.82) is 0 Å². The number of ether oxygens (including phenoxy) is 2. The van der Waals surface area contributed by atoms with Crippen molar-refractivity contribution in [3.63, 3.8) is 0 Å². The normalized spacial score (nSPS) is 43.1. The van der Waals surface area contributed by atoms with E-state index in [0.717, 1.165) is 19.3 Å². The summed E-state index contributed by atoms with van der Waals surface area (Å²) in [7, 11) is 0. The number of benzene rings is 1. The number of rotatable bonds is 3. The van der Waals surface area contributed by atoms with Gasteiger partial charge in [-0.1, -0.05) is 57.2 Å². The summed E-state index contributed by atoms with van der Waals surface area (Å²) >= 11 is 0. The van der Waals surface area contributed by atoms with Crippen LogP contribution < -0.4 is 5.32 Å². The largest absolute Gasteiger partial charge is 0.460 e. The van der Waals surface area contributed by atoms with Gasteiger partial charge in [-0.15, -0.1) is 0 Å². The van der Waals surface area contributed by atoms with Crippen LogP contribution in [0.2, 0.25) is 0 Å². The molecule has 1 aliphatic heterocycles. The topological polar surface area (TPSA) is 105 Å². The van der Waals surface area contributed by atoms with Gasteiger partial charge in [-0.3, -0.25) is 5.32 Å². The number of allylic oxidation sites excluding steroid dienone is 2. The van der Waals surface area contributed by atoms with Gasteiger partial charge in [0.2, 0.25) is 0 Å². The Morgan fingerprint density at radius 1 is 1.18 bits per heavy atom. The molecule has 3 N–H and O–H groups in total. The molecule has 0 bridgehead atoms. The lowest BCUT2D eigenvalue weighted by Crippen LogP contribution is -2.63. The van der Waals surface area contributed by atoms with E-state index in [1.807, 2.05) is 30.3 Å². The molecule has 5 rings (SSSR count). The number of aliphatic hydroxyl groups excluding tert-OH is 1. The molecule has 7 heteroatoms. The second-order valence-corrected chi connectivity index (χ2v) is 13.1. The van der Waals surface area contributed by atoms with Crippen LogP contribution >= 0.6 is 0 Å². The first-order valence-corrected chi connectivity index (χ1v) is 14.4. The van der Waals surface area contributed by atoms with Crippen LogP contribution in [0.5, 0.6) is 0 Å². The smallest absolute Gasteiger partial charge is 0.411 e. The number of para-hydroxylation sites is 1. The van der Waals surface area contributed by atoms with Gasteiger partial charge in [0.1, 0.15) is 17.8 Å². The van der Waals surface area contributed by atoms with Crippen molar-refractivity contribution in [2.45, 2.75) is 84.2 Å². The summed E-state index contributed by atoms with van der Waals surface area (Å²) in [6.45, 7) is 15.0. The molecule has 0 aromatic heterocycles. The van der Waals surface area contributed by atoms with E-state index in [1.54, 1.807) is 6.92 Å². The Hall–Kier alpha value is -2.64. The molecule has 10 atom stereocenters. The summed E-state index contributed by atoms with van der Waals surface area (Å²) in [6, 6.07) is 9.31. The average Bonchev–Trinajstić information content (AvgIpc) is 3.16. The first-order valence-electron chi connectivity index (χ1n) is 14.4. The lowest BCUT2D eigenvalue weighted by Gasteiger charge is -2.54. The molecule has 10 unspecified atom stereocenters. The van der Waals surface area contributed by atoms with Gasteiger partial charge in [0, 0.05) is 17.5 Å². The number of anilines is 1. The maximum absolute atomic E-state index is 12.9. The Morgan fingerprint density at radius 2 is 1.87 bits per heavy atom. The summed E-state index contributed by atoms with van der Waals surface area (Å²) < 4.78 is 11.5. The molecule has 1 heterocycles. The molecular weight excluding hydrogens is 494 g/mol. The predicted molar refractivity (Wildman–Crippen MR) is 149 cm³/mol. The molecule has 1 amide bonds. The highest BCUT2D eigenvalue weighted by Crippen LogP contribution is 2.63. The molecule has 2 saturated carbocycles. The quantitative estimate of drug-likeness (QED) is 0.348. The van der Waals surface area contributed by atoms with Gasteiger partial charge in [0.05, 0.1) is 0 Å². The number of amides is 1. The van der Waals surface area contributed by atoms with Crippen LogP contribution in [0.1, 0.15) is 60.3 Å². The minimum atomic E-state index is -1.75. The standard InChI is InChI=1S/C32H43NO6/c1-17(2)27-25-14-22-19(4)32(37)24(20(5)38-29(35)28(32)34)13-12-18(3)23(22)15-31(25,6)16-26(27)39-30(36)33-21-10-8-7-9-11-21/h7-12,17,20,22-28,34,37H,4,13-16H2,1-3,5-6H3,(H,33,36)/b18-12-. The summed E-state index contributed by atoms with van der Waals surface area (Å²) in [6.07, 6.45) is 2.16. The fourth-order valence-corrected chi connectivity index (χ4v) is 8.53. The zero-order valence-corrected chi connectivity index (χ0v) is 23.7. The summed E-state index contributed by atoms with van der Waals surface area (Å²) in [5.74, 6) is -0.627. The van der Waals surface area contributed by atoms with Gasteiger partial charge < -0.3 is 19.7 Å². The van der Waals surface area contributed by atoms with Crippen molar-refractivity contribution in [2.24, 2.45) is 40.9 Å². The number of carbonyl (C=O) groups is 2. The van der Waals surface area contributed by atoms with Crippen LogP contribution in [0.4, 0.5) is 10.5 Å². The molecule has 4 aliphatic rings. The van der Waals surface area contributed by atoms with Crippen molar-refractivity contribution in [3.8, 4) is 0 Å². The number of nitrogens with one attached hydrogen (secondary N) is 1. The zero-order chi connectivity index (χ0) is 28.3. The first kappa shape index (κ1) is 27.9. The third kappa shape index (κ3) is 4.61. The van der Waals surface area contributed by atoms with Gasteiger partial charge in [-0.05, 0) is 86.3 Å². The molecule has 1 saturated heterocycles. The molecular formula is C32H43NO6. The van der Waals surface area contributed by atoms with Crippen LogP contribution in [-0.4, -0.2) is 46.2 Å². The minimum Gasteiger partial charge on any atom is -0.460 e. The van der Waals surface area contributed by atoms with Crippen molar-refractivity contribution < 1.29 is 29.3 Å². The fourth-order valence-electron chi connectivity index (χ4n) is 8.53. The van der Waals surface area contributed by atoms with Crippen LogP contribution in [0, 0.1) is 40.9 Å². The maximum Gasteiger partial charge on any atom is 0.411 e. The third-order valence-electron chi connectivity index (χ3n) is 10.5. The van der Waals surface area contributed by atoms with E-state index in [1.165, 1.54) is 5.57 Å². The molecule has 3 fully saturated rings. The Labute approximate surface area is 231 Å². The zero-order valence-electron chi connectivity index (χ0n) is 23.7. The second-order valence-electron chi connectivity index (χ2n) is 13.1. The molecule has 1 aromatic carbocycles. The second kappa shape index (κ2) is 10.1. The highest BCUT2D eigenvalue weighted by molar-refractivity contribution is 5.84. The first-order chi connectivity index (χ1) is 18.4. The monoisotopic (exact) mass is 537 g/mol. The van der Waals surface area contributed by atoms with Gasteiger partial charge in [-0.2, -0.15) is 0 Å². The van der Waals surface area contributed by atoms with Crippen LogP contribution in [-0.2, 0) is 14.3 Å². The Bertz CT molecular complexity index is 1160. The molecule has 3 aliphatic carbocycles. The SMILES string of the molecule is C=C1C2CC3C(C(C)C)C(OC(=O)Nc4ccccc4)CC3(C)CC2/C(C)=C\CC2C(C)OC(=O)C(O)C12O. The number of aliphatic hydroxyl groups is 2. The molecule has 39 heavy (non-hydrogen) atoms. The van der Waals surface area contributed by atoms with Gasteiger partial charge in [0.15, 0.2) is 6.10 Å². The molecule has 0 radical (unpaired) electrons. The van der Waals surface area contributed by atoms with E-state index in [4.69, 9.17) is 9.47 Å². The molecule has 0 spiro atoms. The highest BCUT2D eigenvalue weighted by atomic mass is 16.6.